The maximum Gasteiger partial charge on any atom is 0.237 e. The van der Waals surface area contributed by atoms with E-state index in [-0.39, 0.29) is 17.6 Å². The number of ether oxygens (including phenoxy) is 1. The highest BCUT2D eigenvalue weighted by molar-refractivity contribution is 8.01. The maximum atomic E-state index is 12.4. The molecule has 2 aromatic carbocycles. The number of amides is 2. The summed E-state index contributed by atoms with van der Waals surface area (Å²) in [4.78, 5) is 24.6. The average molecular weight is 407 g/mol. The van der Waals surface area contributed by atoms with Gasteiger partial charge in [0.2, 0.25) is 11.8 Å². The first kappa shape index (κ1) is 21.1. The number of hydrogen-bond donors (Lipinski definition) is 2. The van der Waals surface area contributed by atoms with E-state index >= 15 is 0 Å². The fraction of sp³-hybridized carbons (Fsp3) is 0.300. The monoisotopic (exact) mass is 406 g/mol. The summed E-state index contributed by atoms with van der Waals surface area (Å²) in [7, 11) is 0. The van der Waals surface area contributed by atoms with Gasteiger partial charge in [-0.3, -0.25) is 9.59 Å². The second kappa shape index (κ2) is 10.2. The number of halogens is 1. The van der Waals surface area contributed by atoms with E-state index in [1.807, 2.05) is 32.0 Å². The summed E-state index contributed by atoms with van der Waals surface area (Å²) in [5.74, 6) is 0.419. The molecule has 144 valence electrons. The Labute approximate surface area is 168 Å². The van der Waals surface area contributed by atoms with Crippen LogP contribution in [0.5, 0.6) is 5.75 Å². The lowest BCUT2D eigenvalue weighted by Gasteiger charge is -2.14. The average Bonchev–Trinajstić information content (AvgIpc) is 2.64. The number of carbonyl (C=O) groups excluding carboxylic acids is 2. The highest BCUT2D eigenvalue weighted by Gasteiger charge is 2.17. The lowest BCUT2D eigenvalue weighted by molar-refractivity contribution is -0.115. The molecule has 27 heavy (non-hydrogen) atoms. The minimum Gasteiger partial charge on any atom is -0.492 e. The van der Waals surface area contributed by atoms with Crippen molar-refractivity contribution in [3.8, 4) is 5.75 Å². The van der Waals surface area contributed by atoms with Gasteiger partial charge in [-0.05, 0) is 50.6 Å². The van der Waals surface area contributed by atoms with Crippen molar-refractivity contribution in [1.29, 1.82) is 0 Å². The van der Waals surface area contributed by atoms with Crippen molar-refractivity contribution in [2.75, 3.05) is 23.0 Å². The van der Waals surface area contributed by atoms with E-state index in [1.165, 1.54) is 11.8 Å². The molecule has 1 atom stereocenters. The summed E-state index contributed by atoms with van der Waals surface area (Å²) in [5.41, 5.74) is 2.22. The third kappa shape index (κ3) is 6.48. The molecule has 0 heterocycles. The van der Waals surface area contributed by atoms with E-state index in [1.54, 1.807) is 31.2 Å². The molecule has 0 bridgehead atoms. The van der Waals surface area contributed by atoms with Crippen LogP contribution in [-0.2, 0) is 9.59 Å². The van der Waals surface area contributed by atoms with E-state index in [2.05, 4.69) is 10.6 Å². The number of aryl methyl sites for hydroxylation is 1. The Morgan fingerprint density at radius 1 is 1.15 bits per heavy atom. The van der Waals surface area contributed by atoms with Crippen molar-refractivity contribution in [2.45, 2.75) is 26.0 Å². The van der Waals surface area contributed by atoms with E-state index in [0.29, 0.717) is 28.8 Å². The van der Waals surface area contributed by atoms with Gasteiger partial charge in [-0.15, -0.1) is 11.8 Å². The molecule has 0 aromatic heterocycles. The van der Waals surface area contributed by atoms with Gasteiger partial charge >= 0.3 is 0 Å². The fourth-order valence-corrected chi connectivity index (χ4v) is 3.13. The van der Waals surface area contributed by atoms with Crippen LogP contribution < -0.4 is 15.4 Å². The molecular formula is C20H23ClN2O3S. The third-order valence-electron chi connectivity index (χ3n) is 3.75. The maximum absolute atomic E-state index is 12.4. The van der Waals surface area contributed by atoms with Crippen molar-refractivity contribution >= 4 is 46.6 Å². The number of rotatable bonds is 8. The van der Waals surface area contributed by atoms with Crippen LogP contribution in [0.15, 0.2) is 42.5 Å². The molecule has 0 saturated carbocycles. The standard InChI is InChI=1S/C20H23ClN2O3S/c1-4-26-18-8-6-5-7-16(18)22-19(24)12-27-14(3)20(25)23-17-11-15(21)10-9-13(17)2/h5-11,14H,4,12H2,1-3H3,(H,22,24)(H,23,25). The quantitative estimate of drug-likeness (QED) is 0.664. The van der Waals surface area contributed by atoms with Gasteiger partial charge in [0.25, 0.3) is 0 Å². The molecule has 0 aliphatic carbocycles. The zero-order chi connectivity index (χ0) is 19.8. The van der Waals surface area contributed by atoms with Crippen LogP contribution in [0.1, 0.15) is 19.4 Å². The number of carbonyl (C=O) groups is 2. The molecule has 0 saturated heterocycles. The van der Waals surface area contributed by atoms with Crippen molar-refractivity contribution in [3.05, 3.63) is 53.1 Å². The van der Waals surface area contributed by atoms with Crippen LogP contribution in [0, 0.1) is 6.92 Å². The normalized spacial score (nSPS) is 11.6. The van der Waals surface area contributed by atoms with Crippen molar-refractivity contribution in [2.24, 2.45) is 0 Å². The largest absolute Gasteiger partial charge is 0.492 e. The van der Waals surface area contributed by atoms with E-state index in [0.717, 1.165) is 5.56 Å². The molecular weight excluding hydrogens is 384 g/mol. The van der Waals surface area contributed by atoms with Crippen LogP contribution in [-0.4, -0.2) is 29.4 Å². The summed E-state index contributed by atoms with van der Waals surface area (Å²) in [5, 5.41) is 5.84. The SMILES string of the molecule is CCOc1ccccc1NC(=O)CSC(C)C(=O)Nc1cc(Cl)ccc1C. The highest BCUT2D eigenvalue weighted by Crippen LogP contribution is 2.25. The first-order valence-corrected chi connectivity index (χ1v) is 10.0. The molecule has 0 aliphatic heterocycles. The third-order valence-corrected chi connectivity index (χ3v) is 5.13. The fourth-order valence-electron chi connectivity index (χ4n) is 2.28. The highest BCUT2D eigenvalue weighted by atomic mass is 35.5. The van der Waals surface area contributed by atoms with Gasteiger partial charge in [0.05, 0.1) is 23.3 Å². The molecule has 5 nitrogen and oxygen atoms in total. The van der Waals surface area contributed by atoms with Crippen molar-refractivity contribution in [3.63, 3.8) is 0 Å². The van der Waals surface area contributed by atoms with Gasteiger partial charge in [0, 0.05) is 10.7 Å². The van der Waals surface area contributed by atoms with Gasteiger partial charge in [-0.1, -0.05) is 29.8 Å². The van der Waals surface area contributed by atoms with Crippen LogP contribution in [0.2, 0.25) is 5.02 Å². The smallest absolute Gasteiger partial charge is 0.237 e. The van der Waals surface area contributed by atoms with Crippen LogP contribution in [0.3, 0.4) is 0 Å². The summed E-state index contributed by atoms with van der Waals surface area (Å²) in [6.45, 7) is 6.06. The number of nitrogens with one attached hydrogen (secondary N) is 2. The summed E-state index contributed by atoms with van der Waals surface area (Å²) < 4.78 is 5.49. The van der Waals surface area contributed by atoms with E-state index in [4.69, 9.17) is 16.3 Å². The molecule has 0 fully saturated rings. The van der Waals surface area contributed by atoms with Gasteiger partial charge in [-0.25, -0.2) is 0 Å². The number of para-hydroxylation sites is 2. The molecule has 2 aromatic rings. The Bertz CT molecular complexity index is 814. The van der Waals surface area contributed by atoms with Crippen molar-refractivity contribution in [1.82, 2.24) is 0 Å². The Balaban J connectivity index is 1.87. The Morgan fingerprint density at radius 3 is 2.63 bits per heavy atom. The van der Waals surface area contributed by atoms with Crippen LogP contribution in [0.4, 0.5) is 11.4 Å². The summed E-state index contributed by atoms with van der Waals surface area (Å²) in [6.07, 6.45) is 0. The Kier molecular flexibility index (Phi) is 8.00. The first-order valence-electron chi connectivity index (χ1n) is 8.61. The van der Waals surface area contributed by atoms with Gasteiger partial charge in [0.1, 0.15) is 5.75 Å². The summed E-state index contributed by atoms with van der Waals surface area (Å²) >= 11 is 7.24. The molecule has 2 rings (SSSR count). The Morgan fingerprint density at radius 2 is 1.89 bits per heavy atom. The van der Waals surface area contributed by atoms with E-state index in [9.17, 15) is 9.59 Å². The van der Waals surface area contributed by atoms with Crippen molar-refractivity contribution < 1.29 is 14.3 Å². The number of benzene rings is 2. The van der Waals surface area contributed by atoms with Crippen LogP contribution in [0.25, 0.3) is 0 Å². The van der Waals surface area contributed by atoms with E-state index < -0.39 is 5.25 Å². The van der Waals surface area contributed by atoms with Gasteiger partial charge in [-0.2, -0.15) is 0 Å². The predicted molar refractivity (Wildman–Crippen MR) is 113 cm³/mol. The molecule has 0 aliphatic rings. The molecule has 1 unspecified atom stereocenters. The Hall–Kier alpha value is -2.18. The number of thioether (sulfide) groups is 1. The minimum absolute atomic E-state index is 0.156. The van der Waals surface area contributed by atoms with Gasteiger partial charge < -0.3 is 15.4 Å². The molecule has 0 radical (unpaired) electrons. The van der Waals surface area contributed by atoms with Crippen LogP contribution >= 0.6 is 23.4 Å². The molecule has 0 spiro atoms. The predicted octanol–water partition coefficient (Wildman–Crippen LogP) is 4.75. The topological polar surface area (TPSA) is 67.4 Å². The lowest BCUT2D eigenvalue weighted by atomic mass is 10.2. The van der Waals surface area contributed by atoms with Gasteiger partial charge in [0.15, 0.2) is 0 Å². The molecule has 2 amide bonds. The second-order valence-corrected chi connectivity index (χ2v) is 7.64. The molecule has 2 N–H and O–H groups in total. The summed E-state index contributed by atoms with van der Waals surface area (Å²) in [6, 6.07) is 12.6. The zero-order valence-corrected chi connectivity index (χ0v) is 17.1. The number of hydrogen-bond acceptors (Lipinski definition) is 4. The number of anilines is 2. The lowest BCUT2D eigenvalue weighted by Crippen LogP contribution is -2.25. The zero-order valence-electron chi connectivity index (χ0n) is 15.5. The first-order chi connectivity index (χ1) is 12.9. The second-order valence-electron chi connectivity index (χ2n) is 5.88. The minimum atomic E-state index is -0.392. The molecule has 7 heteroatoms.